The predicted molar refractivity (Wildman–Crippen MR) is 90.9 cm³/mol. The molecule has 140 valence electrons. The van der Waals surface area contributed by atoms with E-state index in [2.05, 4.69) is 10.3 Å². The second-order valence-electron chi connectivity index (χ2n) is 5.61. The molecule has 3 N–H and O–H groups in total. The van der Waals surface area contributed by atoms with Crippen molar-refractivity contribution in [1.82, 2.24) is 9.55 Å². The number of fused-ring (bicyclic) bond motifs is 1. The van der Waals surface area contributed by atoms with Crippen LogP contribution in [0.2, 0.25) is 0 Å². The highest BCUT2D eigenvalue weighted by Gasteiger charge is 2.30. The highest BCUT2D eigenvalue weighted by molar-refractivity contribution is 5.92. The summed E-state index contributed by atoms with van der Waals surface area (Å²) in [6.45, 7) is -0.323. The van der Waals surface area contributed by atoms with E-state index >= 15 is 0 Å². The number of hydrogen-bond acceptors (Lipinski definition) is 5. The van der Waals surface area contributed by atoms with E-state index in [0.29, 0.717) is 5.52 Å². The summed E-state index contributed by atoms with van der Waals surface area (Å²) in [6, 6.07) is 8.07. The number of nitro groups is 1. The van der Waals surface area contributed by atoms with Crippen LogP contribution in [-0.2, 0) is 17.5 Å². The first kappa shape index (κ1) is 18.2. The molecule has 0 aliphatic heterocycles. The smallest absolute Gasteiger partial charge is 0.369 e. The second kappa shape index (κ2) is 6.59. The third-order valence-electron chi connectivity index (χ3n) is 3.75. The largest absolute Gasteiger partial charge is 0.416 e. The van der Waals surface area contributed by atoms with E-state index < -0.39 is 22.6 Å². The summed E-state index contributed by atoms with van der Waals surface area (Å²) in [4.78, 5) is 26.4. The van der Waals surface area contributed by atoms with Crippen molar-refractivity contribution in [2.24, 2.45) is 0 Å². The first-order valence-electron chi connectivity index (χ1n) is 7.52. The molecule has 8 nitrogen and oxygen atoms in total. The van der Waals surface area contributed by atoms with Gasteiger partial charge in [0.15, 0.2) is 0 Å². The number of alkyl halides is 3. The molecule has 0 atom stereocenters. The Morgan fingerprint density at radius 2 is 2.00 bits per heavy atom. The lowest BCUT2D eigenvalue weighted by atomic mass is 10.2. The van der Waals surface area contributed by atoms with Crippen LogP contribution in [0.4, 0.5) is 30.5 Å². The topological polar surface area (TPSA) is 116 Å². The van der Waals surface area contributed by atoms with Gasteiger partial charge in [0.05, 0.1) is 21.5 Å². The molecule has 1 aromatic heterocycles. The summed E-state index contributed by atoms with van der Waals surface area (Å²) >= 11 is 0. The van der Waals surface area contributed by atoms with Gasteiger partial charge in [-0.2, -0.15) is 13.2 Å². The number of nitrogens with two attached hydrogens (primary N) is 1. The zero-order valence-corrected chi connectivity index (χ0v) is 13.5. The van der Waals surface area contributed by atoms with Crippen molar-refractivity contribution >= 4 is 34.3 Å². The zero-order chi connectivity index (χ0) is 19.8. The van der Waals surface area contributed by atoms with Crippen LogP contribution in [0.3, 0.4) is 0 Å². The molecule has 1 amide bonds. The highest BCUT2D eigenvalue weighted by Crippen LogP contribution is 2.30. The minimum absolute atomic E-state index is 0.0199. The van der Waals surface area contributed by atoms with Crippen molar-refractivity contribution < 1.29 is 22.9 Å². The molecule has 0 aliphatic carbocycles. The minimum atomic E-state index is -4.53. The van der Waals surface area contributed by atoms with E-state index in [-0.39, 0.29) is 29.4 Å². The van der Waals surface area contributed by atoms with Gasteiger partial charge in [0.1, 0.15) is 6.54 Å². The molecule has 0 saturated carbocycles. The number of nitrogens with one attached hydrogen (secondary N) is 1. The quantitative estimate of drug-likeness (QED) is 0.533. The average Bonchev–Trinajstić information content (AvgIpc) is 2.89. The molecule has 1 heterocycles. The fraction of sp³-hybridized carbons (Fsp3) is 0.125. The van der Waals surface area contributed by atoms with Crippen molar-refractivity contribution in [1.29, 1.82) is 0 Å². The van der Waals surface area contributed by atoms with E-state index in [4.69, 9.17) is 5.73 Å². The van der Waals surface area contributed by atoms with Crippen molar-refractivity contribution in [2.75, 3.05) is 11.1 Å². The number of nitrogens with zero attached hydrogens (tertiary/aromatic N) is 3. The van der Waals surface area contributed by atoms with Crippen LogP contribution in [0.1, 0.15) is 5.56 Å². The molecular formula is C16H12F3N5O3. The predicted octanol–water partition coefficient (Wildman–Crippen LogP) is 3.18. The van der Waals surface area contributed by atoms with Crippen molar-refractivity contribution in [3.05, 3.63) is 58.1 Å². The summed E-state index contributed by atoms with van der Waals surface area (Å²) in [5, 5.41) is 13.2. The summed E-state index contributed by atoms with van der Waals surface area (Å²) in [6.07, 6.45) is -4.53. The number of carbonyl (C=O) groups is 1. The number of nitrogen functional groups attached to an aromatic ring is 1. The Labute approximate surface area is 149 Å². The van der Waals surface area contributed by atoms with Gasteiger partial charge in [0.2, 0.25) is 11.9 Å². The van der Waals surface area contributed by atoms with E-state index in [1.54, 1.807) is 0 Å². The molecule has 0 aliphatic rings. The fourth-order valence-electron chi connectivity index (χ4n) is 2.53. The second-order valence-corrected chi connectivity index (χ2v) is 5.61. The Balaban J connectivity index is 1.82. The van der Waals surface area contributed by atoms with Gasteiger partial charge in [0, 0.05) is 17.8 Å². The van der Waals surface area contributed by atoms with Crippen LogP contribution in [0.5, 0.6) is 0 Å². The summed E-state index contributed by atoms with van der Waals surface area (Å²) < 4.78 is 39.5. The number of anilines is 2. The minimum Gasteiger partial charge on any atom is -0.369 e. The molecule has 27 heavy (non-hydrogen) atoms. The van der Waals surface area contributed by atoms with Crippen LogP contribution < -0.4 is 11.1 Å². The van der Waals surface area contributed by atoms with Gasteiger partial charge in [-0.05, 0) is 24.3 Å². The van der Waals surface area contributed by atoms with Crippen LogP contribution in [0.15, 0.2) is 42.5 Å². The van der Waals surface area contributed by atoms with Gasteiger partial charge in [0.25, 0.3) is 5.69 Å². The van der Waals surface area contributed by atoms with Gasteiger partial charge in [-0.1, -0.05) is 6.07 Å². The number of halogens is 3. The van der Waals surface area contributed by atoms with E-state index in [0.717, 1.165) is 12.1 Å². The standard InChI is InChI=1S/C16H12F3N5O3/c17-16(18,19)9-2-1-3-10(6-9)21-14(25)8-23-13-5-4-11(24(26)27)7-12(13)22-15(23)20/h1-7H,8H2,(H2,20,22)(H,21,25). The first-order chi connectivity index (χ1) is 12.6. The SMILES string of the molecule is Nc1nc2cc([N+](=O)[O-])ccc2n1CC(=O)Nc1cccc(C(F)(F)F)c1. The maximum atomic E-state index is 12.7. The molecule has 0 unspecified atom stereocenters. The number of carbonyl (C=O) groups excluding carboxylic acids is 1. The Kier molecular flexibility index (Phi) is 4.44. The molecule has 3 rings (SSSR count). The third kappa shape index (κ3) is 3.81. The monoisotopic (exact) mass is 379 g/mol. The average molecular weight is 379 g/mol. The highest BCUT2D eigenvalue weighted by atomic mass is 19.4. The number of imidazole rings is 1. The Morgan fingerprint density at radius 1 is 1.26 bits per heavy atom. The van der Waals surface area contributed by atoms with E-state index in [1.807, 2.05) is 0 Å². The molecule has 11 heteroatoms. The maximum Gasteiger partial charge on any atom is 0.416 e. The fourth-order valence-corrected chi connectivity index (χ4v) is 2.53. The summed E-state index contributed by atoms with van der Waals surface area (Å²) in [5.41, 5.74) is 5.28. The number of non-ortho nitro benzene ring substituents is 1. The molecule has 0 spiro atoms. The Morgan fingerprint density at radius 3 is 2.67 bits per heavy atom. The molecule has 2 aromatic carbocycles. The zero-order valence-electron chi connectivity index (χ0n) is 13.5. The number of hydrogen-bond donors (Lipinski definition) is 2. The van der Waals surface area contributed by atoms with Gasteiger partial charge < -0.3 is 15.6 Å². The van der Waals surface area contributed by atoms with Crippen LogP contribution in [0.25, 0.3) is 11.0 Å². The lowest BCUT2D eigenvalue weighted by molar-refractivity contribution is -0.384. The van der Waals surface area contributed by atoms with Crippen LogP contribution in [0, 0.1) is 10.1 Å². The van der Waals surface area contributed by atoms with Gasteiger partial charge >= 0.3 is 6.18 Å². The Hall–Kier alpha value is -3.63. The lowest BCUT2D eigenvalue weighted by Crippen LogP contribution is -2.20. The van der Waals surface area contributed by atoms with Crippen LogP contribution >= 0.6 is 0 Å². The lowest BCUT2D eigenvalue weighted by Gasteiger charge is -2.11. The summed E-state index contributed by atoms with van der Waals surface area (Å²) in [7, 11) is 0. The van der Waals surface area contributed by atoms with Crippen molar-refractivity contribution in [3.63, 3.8) is 0 Å². The molecule has 0 bridgehead atoms. The molecule has 0 radical (unpaired) electrons. The van der Waals surface area contributed by atoms with Gasteiger partial charge in [-0.3, -0.25) is 14.9 Å². The normalized spacial score (nSPS) is 11.5. The van der Waals surface area contributed by atoms with Crippen LogP contribution in [-0.4, -0.2) is 20.4 Å². The molecular weight excluding hydrogens is 367 g/mol. The summed E-state index contributed by atoms with van der Waals surface area (Å²) in [5.74, 6) is -0.677. The molecule has 0 fully saturated rings. The van der Waals surface area contributed by atoms with Gasteiger partial charge in [-0.15, -0.1) is 0 Å². The van der Waals surface area contributed by atoms with Crippen molar-refractivity contribution in [3.8, 4) is 0 Å². The molecule has 3 aromatic rings. The maximum absolute atomic E-state index is 12.7. The number of rotatable bonds is 4. The third-order valence-corrected chi connectivity index (χ3v) is 3.75. The first-order valence-corrected chi connectivity index (χ1v) is 7.52. The number of amides is 1. The van der Waals surface area contributed by atoms with Gasteiger partial charge in [-0.25, -0.2) is 4.98 Å². The van der Waals surface area contributed by atoms with E-state index in [9.17, 15) is 28.1 Å². The number of nitro benzene ring substituents is 1. The number of aromatic nitrogens is 2. The van der Waals surface area contributed by atoms with E-state index in [1.165, 1.54) is 34.9 Å². The molecule has 0 saturated heterocycles. The van der Waals surface area contributed by atoms with Crippen molar-refractivity contribution in [2.45, 2.75) is 12.7 Å². The Bertz CT molecular complexity index is 1050. The number of benzene rings is 2.